The number of hydrogen-bond donors (Lipinski definition) is 1. The third kappa shape index (κ3) is 4.71. The predicted molar refractivity (Wildman–Crippen MR) is 114 cm³/mol. The van der Waals surface area contributed by atoms with Crippen molar-refractivity contribution in [1.29, 1.82) is 0 Å². The Hall–Kier alpha value is -2.29. The molecule has 0 bridgehead atoms. The van der Waals surface area contributed by atoms with Crippen LogP contribution in [0.4, 0.5) is 0 Å². The number of benzene rings is 2. The van der Waals surface area contributed by atoms with Crippen molar-refractivity contribution in [2.24, 2.45) is 0 Å². The largest absolute Gasteiger partial charge is 0.493 e. The molecule has 2 aromatic rings. The Bertz CT molecular complexity index is 995. The maximum Gasteiger partial charge on any atom is 0.244 e. The van der Waals surface area contributed by atoms with E-state index in [2.05, 4.69) is 5.32 Å². The molecule has 0 radical (unpaired) electrons. The highest BCUT2D eigenvalue weighted by Gasteiger charge is 2.37. The summed E-state index contributed by atoms with van der Waals surface area (Å²) < 4.78 is 39.2. The molecular formula is C21H25ClN2O5S. The number of amides is 1. The normalized spacial score (nSPS) is 17.3. The third-order valence-electron chi connectivity index (χ3n) is 5.08. The van der Waals surface area contributed by atoms with Crippen LogP contribution in [0.1, 0.15) is 24.8 Å². The van der Waals surface area contributed by atoms with Crippen LogP contribution >= 0.6 is 11.6 Å². The fraction of sp³-hybridized carbons (Fsp3) is 0.381. The van der Waals surface area contributed by atoms with Gasteiger partial charge in [-0.05, 0) is 49.6 Å². The second kappa shape index (κ2) is 9.68. The van der Waals surface area contributed by atoms with Gasteiger partial charge in [-0.3, -0.25) is 4.79 Å². The van der Waals surface area contributed by atoms with Crippen LogP contribution in [-0.2, 0) is 21.4 Å². The van der Waals surface area contributed by atoms with E-state index in [0.29, 0.717) is 35.1 Å². The molecule has 9 heteroatoms. The Morgan fingerprint density at radius 2 is 1.83 bits per heavy atom. The van der Waals surface area contributed by atoms with Gasteiger partial charge in [0.2, 0.25) is 15.9 Å². The summed E-state index contributed by atoms with van der Waals surface area (Å²) in [6.07, 6.45) is 1.98. The highest BCUT2D eigenvalue weighted by Crippen LogP contribution is 2.34. The Kier molecular flexibility index (Phi) is 7.23. The van der Waals surface area contributed by atoms with Crippen molar-refractivity contribution in [2.75, 3.05) is 20.8 Å². The molecule has 1 atom stereocenters. The van der Waals surface area contributed by atoms with Gasteiger partial charge in [0.15, 0.2) is 11.5 Å². The first-order valence-electron chi connectivity index (χ1n) is 9.63. The number of halogens is 1. The minimum absolute atomic E-state index is 0.0383. The SMILES string of the molecule is COc1cccc(CN(C2CCCCNC2=O)S(=O)(=O)c2ccc(Cl)cc2)c1OC. The number of sulfonamides is 1. The van der Waals surface area contributed by atoms with Gasteiger partial charge in [-0.15, -0.1) is 0 Å². The molecule has 30 heavy (non-hydrogen) atoms. The van der Waals surface area contributed by atoms with Crippen LogP contribution in [0.5, 0.6) is 11.5 Å². The minimum Gasteiger partial charge on any atom is -0.493 e. The van der Waals surface area contributed by atoms with Crippen LogP contribution in [0.3, 0.4) is 0 Å². The van der Waals surface area contributed by atoms with Gasteiger partial charge in [-0.1, -0.05) is 23.7 Å². The van der Waals surface area contributed by atoms with Crippen molar-refractivity contribution in [2.45, 2.75) is 36.7 Å². The number of carbonyl (C=O) groups excluding carboxylic acids is 1. The average Bonchev–Trinajstić information content (AvgIpc) is 2.96. The lowest BCUT2D eigenvalue weighted by Gasteiger charge is -2.30. The van der Waals surface area contributed by atoms with Gasteiger partial charge in [0.25, 0.3) is 0 Å². The zero-order chi connectivity index (χ0) is 21.7. The zero-order valence-corrected chi connectivity index (χ0v) is 18.5. The van der Waals surface area contributed by atoms with Crippen LogP contribution in [0.2, 0.25) is 5.02 Å². The van der Waals surface area contributed by atoms with E-state index < -0.39 is 16.1 Å². The van der Waals surface area contributed by atoms with Crippen molar-refractivity contribution in [3.63, 3.8) is 0 Å². The zero-order valence-electron chi connectivity index (χ0n) is 16.9. The molecular weight excluding hydrogens is 428 g/mol. The van der Waals surface area contributed by atoms with E-state index >= 15 is 0 Å². The van der Waals surface area contributed by atoms with E-state index in [9.17, 15) is 13.2 Å². The summed E-state index contributed by atoms with van der Waals surface area (Å²) in [7, 11) is -0.978. The lowest BCUT2D eigenvalue weighted by Crippen LogP contribution is -2.48. The molecule has 1 fully saturated rings. The molecule has 1 saturated heterocycles. The summed E-state index contributed by atoms with van der Waals surface area (Å²) in [6.45, 7) is 0.496. The number of carbonyl (C=O) groups is 1. The number of para-hydroxylation sites is 1. The molecule has 1 heterocycles. The topological polar surface area (TPSA) is 84.9 Å². The van der Waals surface area contributed by atoms with Crippen molar-refractivity contribution in [1.82, 2.24) is 9.62 Å². The molecule has 1 aliphatic heterocycles. The Morgan fingerprint density at radius 1 is 1.10 bits per heavy atom. The maximum absolute atomic E-state index is 13.6. The summed E-state index contributed by atoms with van der Waals surface area (Å²) in [4.78, 5) is 12.8. The van der Waals surface area contributed by atoms with Crippen LogP contribution < -0.4 is 14.8 Å². The molecule has 0 spiro atoms. The summed E-state index contributed by atoms with van der Waals surface area (Å²) >= 11 is 5.93. The van der Waals surface area contributed by atoms with Gasteiger partial charge in [0.1, 0.15) is 6.04 Å². The van der Waals surface area contributed by atoms with Crippen molar-refractivity contribution >= 4 is 27.5 Å². The summed E-state index contributed by atoms with van der Waals surface area (Å²) in [5.74, 6) is 0.626. The number of methoxy groups -OCH3 is 2. The van der Waals surface area contributed by atoms with Gasteiger partial charge < -0.3 is 14.8 Å². The summed E-state index contributed by atoms with van der Waals surface area (Å²) in [6, 6.07) is 10.4. The van der Waals surface area contributed by atoms with Gasteiger partial charge in [0.05, 0.1) is 19.1 Å². The van der Waals surface area contributed by atoms with Gasteiger partial charge >= 0.3 is 0 Å². The number of rotatable bonds is 7. The minimum atomic E-state index is -3.99. The van der Waals surface area contributed by atoms with E-state index in [1.165, 1.54) is 42.8 Å². The highest BCUT2D eigenvalue weighted by molar-refractivity contribution is 7.89. The molecule has 0 aliphatic carbocycles. The highest BCUT2D eigenvalue weighted by atomic mass is 35.5. The summed E-state index contributed by atoms with van der Waals surface area (Å²) in [5, 5.41) is 3.26. The lowest BCUT2D eigenvalue weighted by molar-refractivity contribution is -0.124. The second-order valence-corrected chi connectivity index (χ2v) is 9.29. The number of nitrogens with one attached hydrogen (secondary N) is 1. The first-order chi connectivity index (χ1) is 14.4. The van der Waals surface area contributed by atoms with E-state index in [1.807, 2.05) is 0 Å². The lowest BCUT2D eigenvalue weighted by atomic mass is 10.1. The van der Waals surface area contributed by atoms with Crippen LogP contribution in [0.15, 0.2) is 47.4 Å². The maximum atomic E-state index is 13.6. The van der Waals surface area contributed by atoms with Gasteiger partial charge in [-0.2, -0.15) is 4.31 Å². The number of hydrogen-bond acceptors (Lipinski definition) is 5. The average molecular weight is 453 g/mol. The quantitative estimate of drug-likeness (QED) is 0.697. The number of nitrogens with zero attached hydrogens (tertiary/aromatic N) is 1. The monoisotopic (exact) mass is 452 g/mol. The molecule has 1 unspecified atom stereocenters. The van der Waals surface area contributed by atoms with Crippen molar-refractivity contribution in [3.8, 4) is 11.5 Å². The van der Waals surface area contributed by atoms with Gasteiger partial charge in [0, 0.05) is 23.7 Å². The van der Waals surface area contributed by atoms with Gasteiger partial charge in [-0.25, -0.2) is 8.42 Å². The predicted octanol–water partition coefficient (Wildman–Crippen LogP) is 3.22. The van der Waals surface area contributed by atoms with E-state index in [4.69, 9.17) is 21.1 Å². The molecule has 1 aliphatic rings. The van der Waals surface area contributed by atoms with Crippen LogP contribution in [0.25, 0.3) is 0 Å². The molecule has 162 valence electrons. The van der Waals surface area contributed by atoms with Crippen molar-refractivity contribution in [3.05, 3.63) is 53.1 Å². The first-order valence-corrected chi connectivity index (χ1v) is 11.4. The first kappa shape index (κ1) is 22.4. The molecule has 2 aromatic carbocycles. The molecule has 0 aromatic heterocycles. The molecule has 7 nitrogen and oxygen atoms in total. The smallest absolute Gasteiger partial charge is 0.244 e. The van der Waals surface area contributed by atoms with Crippen LogP contribution in [-0.4, -0.2) is 45.4 Å². The number of ether oxygens (including phenoxy) is 2. The molecule has 1 amide bonds. The fourth-order valence-electron chi connectivity index (χ4n) is 3.55. The van der Waals surface area contributed by atoms with E-state index in [0.717, 1.165) is 12.8 Å². The summed E-state index contributed by atoms with van der Waals surface area (Å²) in [5.41, 5.74) is 0.603. The van der Waals surface area contributed by atoms with E-state index in [-0.39, 0.29) is 17.3 Å². The second-order valence-electron chi connectivity index (χ2n) is 6.96. The van der Waals surface area contributed by atoms with E-state index in [1.54, 1.807) is 18.2 Å². The third-order valence-corrected chi connectivity index (χ3v) is 7.21. The molecule has 3 rings (SSSR count). The fourth-order valence-corrected chi connectivity index (χ4v) is 5.27. The standard InChI is InChI=1S/C21H25ClN2O5S/c1-28-19-8-5-6-15(20(19)29-2)14-24(18-7-3-4-13-23-21(18)25)30(26,27)17-11-9-16(22)10-12-17/h5-6,8-12,18H,3-4,7,13-14H2,1-2H3,(H,23,25). The molecule has 0 saturated carbocycles. The Labute approximate surface area is 182 Å². The Balaban J connectivity index is 2.08. The van der Waals surface area contributed by atoms with Crippen LogP contribution in [0, 0.1) is 0 Å². The molecule has 1 N–H and O–H groups in total. The Morgan fingerprint density at radius 3 is 2.50 bits per heavy atom. The van der Waals surface area contributed by atoms with Crippen molar-refractivity contribution < 1.29 is 22.7 Å².